The van der Waals surface area contributed by atoms with Gasteiger partial charge in [0.15, 0.2) is 11.5 Å². The Hall–Kier alpha value is -3.94. The Morgan fingerprint density at radius 2 is 1.62 bits per heavy atom. The molecule has 0 aromatic heterocycles. The first-order chi connectivity index (χ1) is 18.0. The predicted octanol–water partition coefficient (Wildman–Crippen LogP) is 4.03. The minimum Gasteiger partial charge on any atom is -0.494 e. The minimum atomic E-state index is -0.229. The molecule has 3 aromatic carbocycles. The molecule has 1 aliphatic heterocycles. The van der Waals surface area contributed by atoms with Gasteiger partial charge >= 0.3 is 0 Å². The van der Waals surface area contributed by atoms with Crippen LogP contribution in [0.15, 0.2) is 54.6 Å². The lowest BCUT2D eigenvalue weighted by molar-refractivity contribution is -0.120. The van der Waals surface area contributed by atoms with E-state index < -0.39 is 0 Å². The van der Waals surface area contributed by atoms with Gasteiger partial charge in [0.2, 0.25) is 11.8 Å². The van der Waals surface area contributed by atoms with E-state index in [9.17, 15) is 9.59 Å². The van der Waals surface area contributed by atoms with Gasteiger partial charge in [-0.25, -0.2) is 0 Å². The molecule has 0 bridgehead atoms. The largest absolute Gasteiger partial charge is 0.494 e. The molecule has 0 spiro atoms. The molecule has 2 N–H and O–H groups in total. The number of hydrogen-bond acceptors (Lipinski definition) is 6. The van der Waals surface area contributed by atoms with Gasteiger partial charge in [0.05, 0.1) is 19.8 Å². The molecule has 0 saturated carbocycles. The third kappa shape index (κ3) is 7.77. The van der Waals surface area contributed by atoms with Gasteiger partial charge in [0.25, 0.3) is 0 Å². The first kappa shape index (κ1) is 26.1. The van der Waals surface area contributed by atoms with Gasteiger partial charge in [-0.2, -0.15) is 0 Å². The highest BCUT2D eigenvalue weighted by molar-refractivity contribution is 5.87. The van der Waals surface area contributed by atoms with Crippen LogP contribution in [0.2, 0.25) is 0 Å². The second-order valence-corrected chi connectivity index (χ2v) is 9.03. The second kappa shape index (κ2) is 12.9. The predicted molar refractivity (Wildman–Crippen MR) is 142 cm³/mol. The first-order valence-electron chi connectivity index (χ1n) is 12.7. The smallest absolute Gasteiger partial charge is 0.217 e. The lowest BCUT2D eigenvalue weighted by Gasteiger charge is -2.26. The highest BCUT2D eigenvalue weighted by Gasteiger charge is 2.21. The Kier molecular flexibility index (Phi) is 9.08. The van der Waals surface area contributed by atoms with Crippen LogP contribution in [0.4, 0.5) is 0 Å². The Labute approximate surface area is 217 Å². The van der Waals surface area contributed by atoms with Crippen LogP contribution in [0.5, 0.6) is 23.0 Å². The number of carbonyl (C=O) groups is 2. The molecule has 4 rings (SSSR count). The first-order valence-corrected chi connectivity index (χ1v) is 12.7. The van der Waals surface area contributed by atoms with Crippen LogP contribution >= 0.6 is 0 Å². The van der Waals surface area contributed by atoms with E-state index in [1.807, 2.05) is 30.3 Å². The van der Waals surface area contributed by atoms with E-state index in [4.69, 9.17) is 18.9 Å². The molecule has 0 fully saturated rings. The molecule has 8 heteroatoms. The number of carbonyl (C=O) groups excluding carboxylic acids is 2. The average Bonchev–Trinajstić information content (AvgIpc) is 2.89. The maximum absolute atomic E-state index is 11.2. The zero-order valence-electron chi connectivity index (χ0n) is 21.4. The van der Waals surface area contributed by atoms with Crippen molar-refractivity contribution < 1.29 is 28.5 Å². The number of nitrogens with one attached hydrogen (secondary N) is 2. The van der Waals surface area contributed by atoms with E-state index in [1.54, 1.807) is 0 Å². The maximum Gasteiger partial charge on any atom is 0.217 e. The summed E-state index contributed by atoms with van der Waals surface area (Å²) in [5.41, 5.74) is 1.19. The molecule has 1 atom stereocenters. The summed E-state index contributed by atoms with van der Waals surface area (Å²) in [4.78, 5) is 22.3. The summed E-state index contributed by atoms with van der Waals surface area (Å²) < 4.78 is 23.5. The van der Waals surface area contributed by atoms with Crippen molar-refractivity contribution in [2.24, 2.45) is 0 Å². The summed E-state index contributed by atoms with van der Waals surface area (Å²) >= 11 is 0. The average molecular weight is 507 g/mol. The van der Waals surface area contributed by atoms with Crippen molar-refractivity contribution in [3.05, 3.63) is 60.2 Å². The molecule has 1 unspecified atom stereocenters. The fourth-order valence-electron chi connectivity index (χ4n) is 4.13. The molecule has 0 aliphatic carbocycles. The highest BCUT2D eigenvalue weighted by atomic mass is 16.6. The van der Waals surface area contributed by atoms with Crippen LogP contribution in [-0.2, 0) is 16.0 Å². The Bertz CT molecular complexity index is 1230. The van der Waals surface area contributed by atoms with Gasteiger partial charge in [-0.05, 0) is 59.9 Å². The highest BCUT2D eigenvalue weighted by Crippen LogP contribution is 2.35. The summed E-state index contributed by atoms with van der Waals surface area (Å²) in [6, 6.07) is 17.9. The van der Waals surface area contributed by atoms with E-state index in [0.29, 0.717) is 50.2 Å². The van der Waals surface area contributed by atoms with Crippen LogP contribution in [0.1, 0.15) is 32.3 Å². The van der Waals surface area contributed by atoms with E-state index in [-0.39, 0.29) is 17.9 Å². The number of hydrogen-bond donors (Lipinski definition) is 2. The van der Waals surface area contributed by atoms with E-state index in [0.717, 1.165) is 35.8 Å². The van der Waals surface area contributed by atoms with Crippen molar-refractivity contribution in [2.45, 2.75) is 39.2 Å². The van der Waals surface area contributed by atoms with Gasteiger partial charge in [0.1, 0.15) is 24.2 Å². The summed E-state index contributed by atoms with van der Waals surface area (Å²) in [6.45, 7) is 5.56. The van der Waals surface area contributed by atoms with Gasteiger partial charge in [0, 0.05) is 26.5 Å². The van der Waals surface area contributed by atoms with Gasteiger partial charge in [-0.15, -0.1) is 0 Å². The molecule has 3 aromatic rings. The molecule has 37 heavy (non-hydrogen) atoms. The van der Waals surface area contributed by atoms with Crippen molar-refractivity contribution in [3.63, 3.8) is 0 Å². The standard InChI is InChI=1S/C29H34N2O6/c1-20(32)30-13-12-23-7-5-6-22-8-9-24(16-27(22)23)34-14-3-4-15-35-25-10-11-28-29(17-25)37-26(19-36-28)18-31-21(2)33/h5-11,16-17,26H,3-4,12-15,18-19H2,1-2H3,(H,30,32)(H,31,33). The number of rotatable bonds is 12. The number of benzene rings is 3. The normalized spacial score (nSPS) is 14.2. The lowest BCUT2D eigenvalue weighted by atomic mass is 10.0. The van der Waals surface area contributed by atoms with Crippen LogP contribution in [-0.4, -0.2) is 50.8 Å². The maximum atomic E-state index is 11.2. The minimum absolute atomic E-state index is 0.0189. The summed E-state index contributed by atoms with van der Waals surface area (Å²) in [6.07, 6.45) is 2.24. The molecule has 0 saturated heterocycles. The van der Waals surface area contributed by atoms with Gasteiger partial charge < -0.3 is 29.6 Å². The Morgan fingerprint density at radius 1 is 0.892 bits per heavy atom. The quantitative estimate of drug-likeness (QED) is 0.360. The van der Waals surface area contributed by atoms with Crippen molar-refractivity contribution in [1.82, 2.24) is 10.6 Å². The zero-order chi connectivity index (χ0) is 26.0. The Balaban J connectivity index is 1.21. The van der Waals surface area contributed by atoms with Crippen LogP contribution < -0.4 is 29.6 Å². The van der Waals surface area contributed by atoms with Gasteiger partial charge in [-0.1, -0.05) is 24.3 Å². The lowest BCUT2D eigenvalue weighted by Crippen LogP contribution is -2.40. The SMILES string of the molecule is CC(=O)NCCc1cccc2ccc(OCCCCOc3ccc4c(c3)OC(CNC(C)=O)CO4)cc12. The van der Waals surface area contributed by atoms with Gasteiger partial charge in [-0.3, -0.25) is 9.59 Å². The molecule has 8 nitrogen and oxygen atoms in total. The van der Waals surface area contributed by atoms with E-state index in [2.05, 4.69) is 34.9 Å². The van der Waals surface area contributed by atoms with Crippen molar-refractivity contribution in [3.8, 4) is 23.0 Å². The zero-order valence-corrected chi connectivity index (χ0v) is 21.4. The number of unbranched alkanes of at least 4 members (excludes halogenated alkanes) is 1. The van der Waals surface area contributed by atoms with Crippen molar-refractivity contribution >= 4 is 22.6 Å². The molecule has 1 aliphatic rings. The summed E-state index contributed by atoms with van der Waals surface area (Å²) in [5.74, 6) is 2.73. The van der Waals surface area contributed by atoms with E-state index in [1.165, 1.54) is 19.4 Å². The Morgan fingerprint density at radius 3 is 2.38 bits per heavy atom. The van der Waals surface area contributed by atoms with Crippen LogP contribution in [0.3, 0.4) is 0 Å². The molecular formula is C29H34N2O6. The fraction of sp³-hybridized carbons (Fsp3) is 0.379. The molecule has 2 amide bonds. The number of fused-ring (bicyclic) bond motifs is 2. The third-order valence-corrected chi connectivity index (χ3v) is 6.00. The fourth-order valence-corrected chi connectivity index (χ4v) is 4.13. The monoisotopic (exact) mass is 506 g/mol. The second-order valence-electron chi connectivity index (χ2n) is 9.03. The number of amides is 2. The van der Waals surface area contributed by atoms with Crippen molar-refractivity contribution in [1.29, 1.82) is 0 Å². The molecular weight excluding hydrogens is 472 g/mol. The summed E-state index contributed by atoms with van der Waals surface area (Å²) in [5, 5.41) is 7.90. The summed E-state index contributed by atoms with van der Waals surface area (Å²) in [7, 11) is 0. The topological polar surface area (TPSA) is 95.1 Å². The molecule has 1 heterocycles. The van der Waals surface area contributed by atoms with Crippen LogP contribution in [0, 0.1) is 0 Å². The third-order valence-electron chi connectivity index (χ3n) is 6.00. The van der Waals surface area contributed by atoms with E-state index >= 15 is 0 Å². The number of ether oxygens (including phenoxy) is 4. The van der Waals surface area contributed by atoms with Crippen LogP contribution in [0.25, 0.3) is 10.8 Å². The molecule has 196 valence electrons. The molecule has 0 radical (unpaired) electrons. The van der Waals surface area contributed by atoms with Crippen molar-refractivity contribution in [2.75, 3.05) is 32.9 Å².